The fourth-order valence-electron chi connectivity index (χ4n) is 4.64. The Morgan fingerprint density at radius 2 is 1.81 bits per heavy atom. The number of rotatable bonds is 2. The molecule has 0 aromatic heterocycles. The summed E-state index contributed by atoms with van der Waals surface area (Å²) >= 11 is 12.3. The number of carbonyl (C=O) groups excluding carboxylic acids is 2. The molecular formula is C20H24Cl2N2O3. The highest BCUT2D eigenvalue weighted by atomic mass is 35.5. The Morgan fingerprint density at radius 3 is 2.67 bits per heavy atom. The van der Waals surface area contributed by atoms with Gasteiger partial charge in [0.25, 0.3) is 5.91 Å². The van der Waals surface area contributed by atoms with E-state index in [9.17, 15) is 9.59 Å². The van der Waals surface area contributed by atoms with Crippen LogP contribution in [0.1, 0.15) is 48.9 Å². The van der Waals surface area contributed by atoms with Crippen LogP contribution in [0.15, 0.2) is 18.2 Å². The third kappa shape index (κ3) is 3.69. The summed E-state index contributed by atoms with van der Waals surface area (Å²) in [4.78, 5) is 30.1. The number of amides is 2. The first-order chi connectivity index (χ1) is 13.1. The van der Waals surface area contributed by atoms with Crippen molar-refractivity contribution < 1.29 is 14.3 Å². The molecular weight excluding hydrogens is 387 g/mol. The van der Waals surface area contributed by atoms with Crippen molar-refractivity contribution in [2.75, 3.05) is 19.7 Å². The average Bonchev–Trinajstić information content (AvgIpc) is 3.18. The molecule has 2 saturated heterocycles. The van der Waals surface area contributed by atoms with Crippen LogP contribution in [0.4, 0.5) is 0 Å². The van der Waals surface area contributed by atoms with Gasteiger partial charge in [0.1, 0.15) is 6.04 Å². The SMILES string of the molecule is O=C(c1cc(Cl)ccc1Cl)N1CCC[C@@H]1C(=O)N1CCO[C@H]2CCCC[C@@H]21. The molecule has 5 nitrogen and oxygen atoms in total. The Bertz CT molecular complexity index is 740. The monoisotopic (exact) mass is 410 g/mol. The van der Waals surface area contributed by atoms with Crippen molar-refractivity contribution in [2.45, 2.75) is 56.7 Å². The highest BCUT2D eigenvalue weighted by Gasteiger charge is 2.43. The normalized spacial score (nSPS) is 28.1. The Hall–Kier alpha value is -1.30. The highest BCUT2D eigenvalue weighted by Crippen LogP contribution is 2.32. The van der Waals surface area contributed by atoms with Gasteiger partial charge in [-0.15, -0.1) is 0 Å². The maximum absolute atomic E-state index is 13.4. The number of carbonyl (C=O) groups is 2. The smallest absolute Gasteiger partial charge is 0.256 e. The number of nitrogens with zero attached hydrogens (tertiary/aromatic N) is 2. The van der Waals surface area contributed by atoms with Gasteiger partial charge in [0.2, 0.25) is 5.91 Å². The Balaban J connectivity index is 1.54. The van der Waals surface area contributed by atoms with Gasteiger partial charge in [0.15, 0.2) is 0 Å². The molecule has 1 saturated carbocycles. The molecule has 1 aromatic carbocycles. The first kappa shape index (κ1) is 19.0. The molecule has 0 unspecified atom stereocenters. The lowest BCUT2D eigenvalue weighted by Crippen LogP contribution is -2.59. The Labute approximate surface area is 169 Å². The quantitative estimate of drug-likeness (QED) is 0.745. The molecule has 0 N–H and O–H groups in total. The molecule has 3 aliphatic rings. The number of ether oxygens (including phenoxy) is 1. The molecule has 3 fully saturated rings. The molecule has 2 aliphatic heterocycles. The van der Waals surface area contributed by atoms with Crippen LogP contribution in [-0.4, -0.2) is 59.5 Å². The molecule has 0 radical (unpaired) electrons. The molecule has 7 heteroatoms. The number of fused-ring (bicyclic) bond motifs is 1. The van der Waals surface area contributed by atoms with Gasteiger partial charge in [-0.25, -0.2) is 0 Å². The van der Waals surface area contributed by atoms with Crippen LogP contribution in [-0.2, 0) is 9.53 Å². The number of likely N-dealkylation sites (tertiary alicyclic amines) is 1. The van der Waals surface area contributed by atoms with Crippen LogP contribution >= 0.6 is 23.2 Å². The first-order valence-corrected chi connectivity index (χ1v) is 10.5. The third-order valence-corrected chi connectivity index (χ3v) is 6.54. The van der Waals surface area contributed by atoms with Crippen LogP contribution in [0.25, 0.3) is 0 Å². The number of hydrogen-bond donors (Lipinski definition) is 0. The lowest BCUT2D eigenvalue weighted by Gasteiger charge is -2.45. The molecule has 0 bridgehead atoms. The largest absolute Gasteiger partial charge is 0.374 e. The van der Waals surface area contributed by atoms with Crippen LogP contribution in [0.5, 0.6) is 0 Å². The second kappa shape index (κ2) is 7.98. The van der Waals surface area contributed by atoms with Crippen molar-refractivity contribution >= 4 is 35.0 Å². The van der Waals surface area contributed by atoms with Crippen molar-refractivity contribution in [3.63, 3.8) is 0 Å². The van der Waals surface area contributed by atoms with Gasteiger partial charge in [0, 0.05) is 18.1 Å². The van der Waals surface area contributed by atoms with Crippen molar-refractivity contribution in [3.8, 4) is 0 Å². The minimum absolute atomic E-state index is 0.0548. The van der Waals surface area contributed by atoms with Crippen LogP contribution in [0.3, 0.4) is 0 Å². The fraction of sp³-hybridized carbons (Fsp3) is 0.600. The van der Waals surface area contributed by atoms with E-state index in [1.54, 1.807) is 23.1 Å². The summed E-state index contributed by atoms with van der Waals surface area (Å²) < 4.78 is 5.89. The van der Waals surface area contributed by atoms with Crippen LogP contribution in [0.2, 0.25) is 10.0 Å². The van der Waals surface area contributed by atoms with E-state index < -0.39 is 6.04 Å². The number of hydrogen-bond acceptors (Lipinski definition) is 3. The van der Waals surface area contributed by atoms with Gasteiger partial charge in [0.05, 0.1) is 29.3 Å². The van der Waals surface area contributed by atoms with Crippen molar-refractivity contribution in [1.82, 2.24) is 9.80 Å². The zero-order valence-corrected chi connectivity index (χ0v) is 16.7. The second-order valence-electron chi connectivity index (χ2n) is 7.57. The summed E-state index contributed by atoms with van der Waals surface area (Å²) in [6.45, 7) is 1.75. The van der Waals surface area contributed by atoms with Gasteiger partial charge >= 0.3 is 0 Å². The molecule has 1 aliphatic carbocycles. The third-order valence-electron chi connectivity index (χ3n) is 5.97. The molecule has 2 heterocycles. The zero-order chi connectivity index (χ0) is 19.0. The molecule has 27 heavy (non-hydrogen) atoms. The van der Waals surface area contributed by atoms with Crippen LogP contribution in [0, 0.1) is 0 Å². The van der Waals surface area contributed by atoms with Gasteiger partial charge in [-0.3, -0.25) is 9.59 Å². The first-order valence-electron chi connectivity index (χ1n) is 9.74. The minimum Gasteiger partial charge on any atom is -0.374 e. The molecule has 2 amide bonds. The van der Waals surface area contributed by atoms with Gasteiger partial charge in [-0.2, -0.15) is 0 Å². The number of morpholine rings is 1. The molecule has 146 valence electrons. The molecule has 0 spiro atoms. The summed E-state index contributed by atoms with van der Waals surface area (Å²) in [6, 6.07) is 4.58. The van der Waals surface area contributed by atoms with Gasteiger partial charge < -0.3 is 14.5 Å². The number of halogens is 2. The van der Waals surface area contributed by atoms with E-state index in [0.717, 1.165) is 32.1 Å². The van der Waals surface area contributed by atoms with Gasteiger partial charge in [-0.05, 0) is 43.9 Å². The van der Waals surface area contributed by atoms with E-state index in [-0.39, 0.29) is 24.0 Å². The second-order valence-corrected chi connectivity index (χ2v) is 8.42. The van der Waals surface area contributed by atoms with E-state index in [4.69, 9.17) is 27.9 Å². The minimum atomic E-state index is -0.423. The van der Waals surface area contributed by atoms with Crippen LogP contribution < -0.4 is 0 Å². The summed E-state index contributed by atoms with van der Waals surface area (Å²) in [5, 5.41) is 0.823. The highest BCUT2D eigenvalue weighted by molar-refractivity contribution is 6.35. The maximum Gasteiger partial charge on any atom is 0.256 e. The average molecular weight is 411 g/mol. The van der Waals surface area contributed by atoms with E-state index in [1.165, 1.54) is 0 Å². The lowest BCUT2D eigenvalue weighted by molar-refractivity contribution is -0.153. The predicted molar refractivity (Wildman–Crippen MR) is 104 cm³/mol. The summed E-state index contributed by atoms with van der Waals surface area (Å²) in [7, 11) is 0. The van der Waals surface area contributed by atoms with Gasteiger partial charge in [-0.1, -0.05) is 36.0 Å². The van der Waals surface area contributed by atoms with Crippen molar-refractivity contribution in [3.05, 3.63) is 33.8 Å². The van der Waals surface area contributed by atoms with E-state index in [1.807, 2.05) is 4.90 Å². The molecule has 4 rings (SSSR count). The molecule has 1 aromatic rings. The lowest BCUT2D eigenvalue weighted by atomic mass is 9.89. The molecule has 3 atom stereocenters. The van der Waals surface area contributed by atoms with Crippen molar-refractivity contribution in [1.29, 1.82) is 0 Å². The van der Waals surface area contributed by atoms with E-state index >= 15 is 0 Å². The predicted octanol–water partition coefficient (Wildman–Crippen LogP) is 3.77. The summed E-state index contributed by atoms with van der Waals surface area (Å²) in [5.74, 6) is -0.161. The standard InChI is InChI=1S/C20H24Cl2N2O3/c21-13-7-8-15(22)14(12-13)19(25)23-9-3-5-17(23)20(26)24-10-11-27-18-6-2-1-4-16(18)24/h7-8,12,16-18H,1-6,9-11H2/t16-,17+,18-/m0/s1. The maximum atomic E-state index is 13.4. The fourth-order valence-corrected chi connectivity index (χ4v) is 5.01. The summed E-state index contributed by atoms with van der Waals surface area (Å²) in [6.07, 6.45) is 5.93. The van der Waals surface area contributed by atoms with E-state index in [2.05, 4.69) is 0 Å². The Kier molecular flexibility index (Phi) is 5.62. The topological polar surface area (TPSA) is 49.9 Å². The Morgan fingerprint density at radius 1 is 1.00 bits per heavy atom. The van der Waals surface area contributed by atoms with Crippen molar-refractivity contribution in [2.24, 2.45) is 0 Å². The number of benzene rings is 1. The van der Waals surface area contributed by atoms with E-state index in [0.29, 0.717) is 41.7 Å². The zero-order valence-electron chi connectivity index (χ0n) is 15.2. The summed E-state index contributed by atoms with van der Waals surface area (Å²) in [5.41, 5.74) is 0.362.